The molecule has 0 aliphatic carbocycles. The molecule has 8 heteroatoms. The van der Waals surface area contributed by atoms with E-state index in [1.54, 1.807) is 44.6 Å². The smallest absolute Gasteiger partial charge is 0.323 e. The normalized spacial score (nSPS) is 14.0. The van der Waals surface area contributed by atoms with Gasteiger partial charge in [-0.15, -0.1) is 0 Å². The summed E-state index contributed by atoms with van der Waals surface area (Å²) >= 11 is 0. The minimum atomic E-state index is -0.383. The maximum Gasteiger partial charge on any atom is 0.323 e. The molecular weight excluding hydrogens is 420 g/mol. The van der Waals surface area contributed by atoms with Crippen LogP contribution in [0.1, 0.15) is 36.5 Å². The van der Waals surface area contributed by atoms with Crippen LogP contribution in [0.2, 0.25) is 0 Å². The number of benzene rings is 2. The first-order valence-corrected chi connectivity index (χ1v) is 11.4. The highest BCUT2D eigenvalue weighted by Crippen LogP contribution is 2.29. The number of amides is 3. The SMILES string of the molecule is COCCCNC(=O)c1cc(NC(=O)Nc2ccc(OC)cc2)ccc1N1CCC(C)CC1. The molecule has 3 N–H and O–H groups in total. The van der Waals surface area contributed by atoms with Gasteiger partial charge >= 0.3 is 6.03 Å². The van der Waals surface area contributed by atoms with E-state index in [-0.39, 0.29) is 11.9 Å². The summed E-state index contributed by atoms with van der Waals surface area (Å²) in [6.07, 6.45) is 2.93. The second kappa shape index (κ2) is 12.1. The molecule has 0 bridgehead atoms. The number of anilines is 3. The maximum atomic E-state index is 13.0. The second-order valence-corrected chi connectivity index (χ2v) is 8.31. The van der Waals surface area contributed by atoms with Gasteiger partial charge in [0.1, 0.15) is 5.75 Å². The molecule has 2 aromatic rings. The summed E-state index contributed by atoms with van der Waals surface area (Å²) in [5.41, 5.74) is 2.65. The minimum absolute atomic E-state index is 0.154. The number of carbonyl (C=O) groups is 2. The molecule has 33 heavy (non-hydrogen) atoms. The van der Waals surface area contributed by atoms with Gasteiger partial charge in [-0.25, -0.2) is 4.79 Å². The van der Waals surface area contributed by atoms with Gasteiger partial charge in [-0.1, -0.05) is 6.92 Å². The zero-order valence-electron chi connectivity index (χ0n) is 19.6. The van der Waals surface area contributed by atoms with Crippen molar-refractivity contribution in [3.05, 3.63) is 48.0 Å². The topological polar surface area (TPSA) is 91.9 Å². The van der Waals surface area contributed by atoms with E-state index in [2.05, 4.69) is 27.8 Å². The lowest BCUT2D eigenvalue weighted by atomic mass is 9.98. The number of nitrogens with zero attached hydrogens (tertiary/aromatic N) is 1. The molecule has 178 valence electrons. The minimum Gasteiger partial charge on any atom is -0.497 e. The lowest BCUT2D eigenvalue weighted by Gasteiger charge is -2.33. The van der Waals surface area contributed by atoms with Crippen molar-refractivity contribution in [1.29, 1.82) is 0 Å². The van der Waals surface area contributed by atoms with Crippen LogP contribution in [-0.2, 0) is 4.74 Å². The number of hydrogen-bond acceptors (Lipinski definition) is 5. The zero-order chi connectivity index (χ0) is 23.6. The standard InChI is InChI=1S/C25H34N4O4/c1-18-11-14-29(15-12-18)23-10-7-20(17-22(23)24(30)26-13-4-16-32-2)28-25(31)27-19-5-8-21(33-3)9-6-19/h5-10,17-18H,4,11-16H2,1-3H3,(H,26,30)(H2,27,28,31). The summed E-state index contributed by atoms with van der Waals surface area (Å²) in [5, 5.41) is 8.59. The Morgan fingerprint density at radius 2 is 1.67 bits per heavy atom. The predicted molar refractivity (Wildman–Crippen MR) is 132 cm³/mol. The molecule has 1 fully saturated rings. The van der Waals surface area contributed by atoms with Gasteiger partial charge in [0.25, 0.3) is 5.91 Å². The van der Waals surface area contributed by atoms with E-state index in [0.717, 1.165) is 38.0 Å². The van der Waals surface area contributed by atoms with Crippen LogP contribution in [0, 0.1) is 5.92 Å². The number of methoxy groups -OCH3 is 2. The number of urea groups is 1. The Bertz CT molecular complexity index is 925. The molecule has 3 amide bonds. The predicted octanol–water partition coefficient (Wildman–Crippen LogP) is 4.34. The molecule has 1 heterocycles. The molecule has 0 radical (unpaired) electrons. The molecule has 0 atom stereocenters. The summed E-state index contributed by atoms with van der Waals surface area (Å²) < 4.78 is 10.2. The maximum absolute atomic E-state index is 13.0. The van der Waals surface area contributed by atoms with Crippen molar-refractivity contribution in [2.45, 2.75) is 26.2 Å². The van der Waals surface area contributed by atoms with Crippen molar-refractivity contribution in [1.82, 2.24) is 5.32 Å². The largest absolute Gasteiger partial charge is 0.497 e. The Kier molecular flexibility index (Phi) is 8.95. The number of nitrogens with one attached hydrogen (secondary N) is 3. The Hall–Kier alpha value is -3.26. The van der Waals surface area contributed by atoms with Crippen LogP contribution in [0.5, 0.6) is 5.75 Å². The average molecular weight is 455 g/mol. The van der Waals surface area contributed by atoms with Crippen LogP contribution in [0.4, 0.5) is 21.9 Å². The van der Waals surface area contributed by atoms with Gasteiger partial charge in [0.05, 0.1) is 12.7 Å². The Labute approximate surface area is 195 Å². The summed E-state index contributed by atoms with van der Waals surface area (Å²) in [5.74, 6) is 1.25. The third-order valence-electron chi connectivity index (χ3n) is 5.78. The molecule has 0 aromatic heterocycles. The van der Waals surface area contributed by atoms with Gasteiger partial charge in [-0.05, 0) is 67.6 Å². The van der Waals surface area contributed by atoms with Gasteiger partial charge in [0.2, 0.25) is 0 Å². The van der Waals surface area contributed by atoms with Gasteiger partial charge in [0.15, 0.2) is 0 Å². The molecule has 1 aliphatic rings. The van der Waals surface area contributed by atoms with E-state index in [1.165, 1.54) is 0 Å². The lowest BCUT2D eigenvalue weighted by Crippen LogP contribution is -2.35. The van der Waals surface area contributed by atoms with Crippen molar-refractivity contribution in [3.63, 3.8) is 0 Å². The molecule has 2 aromatic carbocycles. The molecule has 0 saturated carbocycles. The lowest BCUT2D eigenvalue weighted by molar-refractivity contribution is 0.0949. The van der Waals surface area contributed by atoms with Crippen molar-refractivity contribution < 1.29 is 19.1 Å². The first kappa shape index (κ1) is 24.4. The number of piperidine rings is 1. The third-order valence-corrected chi connectivity index (χ3v) is 5.78. The Balaban J connectivity index is 1.73. The van der Waals surface area contributed by atoms with Crippen LogP contribution < -0.4 is 25.6 Å². The van der Waals surface area contributed by atoms with Crippen molar-refractivity contribution >= 4 is 29.0 Å². The number of hydrogen-bond donors (Lipinski definition) is 3. The second-order valence-electron chi connectivity index (χ2n) is 8.31. The molecule has 8 nitrogen and oxygen atoms in total. The Morgan fingerprint density at radius 1 is 1.00 bits per heavy atom. The molecule has 0 spiro atoms. The average Bonchev–Trinajstić information content (AvgIpc) is 2.83. The monoisotopic (exact) mass is 454 g/mol. The van der Waals surface area contributed by atoms with Crippen LogP contribution >= 0.6 is 0 Å². The van der Waals surface area contributed by atoms with E-state index < -0.39 is 0 Å². The van der Waals surface area contributed by atoms with E-state index in [4.69, 9.17) is 9.47 Å². The molecular formula is C25H34N4O4. The molecule has 1 saturated heterocycles. The summed E-state index contributed by atoms with van der Waals surface area (Å²) in [6, 6.07) is 12.2. The fourth-order valence-corrected chi connectivity index (χ4v) is 3.80. The first-order valence-electron chi connectivity index (χ1n) is 11.4. The summed E-state index contributed by atoms with van der Waals surface area (Å²) in [4.78, 5) is 27.8. The number of ether oxygens (including phenoxy) is 2. The quantitative estimate of drug-likeness (QED) is 0.490. The molecule has 0 unspecified atom stereocenters. The Morgan fingerprint density at radius 3 is 2.33 bits per heavy atom. The fourth-order valence-electron chi connectivity index (χ4n) is 3.80. The number of rotatable bonds is 9. The van der Waals surface area contributed by atoms with Gasteiger partial charge in [-0.2, -0.15) is 0 Å². The highest BCUT2D eigenvalue weighted by atomic mass is 16.5. The highest BCUT2D eigenvalue weighted by Gasteiger charge is 2.22. The van der Waals surface area contributed by atoms with Crippen molar-refractivity contribution in [3.8, 4) is 5.75 Å². The van der Waals surface area contributed by atoms with Crippen LogP contribution in [-0.4, -0.2) is 52.4 Å². The van der Waals surface area contributed by atoms with Crippen LogP contribution in [0.3, 0.4) is 0 Å². The first-order chi connectivity index (χ1) is 16.0. The van der Waals surface area contributed by atoms with E-state index >= 15 is 0 Å². The van der Waals surface area contributed by atoms with Gasteiger partial charge < -0.3 is 30.3 Å². The van der Waals surface area contributed by atoms with Gasteiger partial charge in [-0.3, -0.25) is 4.79 Å². The fraction of sp³-hybridized carbons (Fsp3) is 0.440. The molecule has 1 aliphatic heterocycles. The molecule has 3 rings (SSSR count). The summed E-state index contributed by atoms with van der Waals surface area (Å²) in [7, 11) is 3.23. The van der Waals surface area contributed by atoms with Crippen molar-refractivity contribution in [2.75, 3.05) is 56.0 Å². The summed E-state index contributed by atoms with van der Waals surface area (Å²) in [6.45, 7) is 5.20. The van der Waals surface area contributed by atoms with Gasteiger partial charge in [0, 0.05) is 50.4 Å². The zero-order valence-corrected chi connectivity index (χ0v) is 19.6. The van der Waals surface area contributed by atoms with Crippen molar-refractivity contribution in [2.24, 2.45) is 5.92 Å². The third kappa shape index (κ3) is 7.12. The van der Waals surface area contributed by atoms with E-state index in [0.29, 0.717) is 41.8 Å². The van der Waals surface area contributed by atoms with E-state index in [9.17, 15) is 9.59 Å². The van der Waals surface area contributed by atoms with E-state index in [1.807, 2.05) is 12.1 Å². The number of carbonyl (C=O) groups excluding carboxylic acids is 2. The van der Waals surface area contributed by atoms with Crippen LogP contribution in [0.25, 0.3) is 0 Å². The highest BCUT2D eigenvalue weighted by molar-refractivity contribution is 6.04. The van der Waals surface area contributed by atoms with Crippen LogP contribution in [0.15, 0.2) is 42.5 Å².